The molecule has 0 unspecified atom stereocenters. The molecule has 3 rings (SSSR count). The number of nitrogens with one attached hydrogen (secondary N) is 3. The second-order valence-electron chi connectivity index (χ2n) is 8.77. The number of H-pyrrole nitrogens is 1. The number of carbonyl (C=O) groups excluding carboxylic acids is 3. The highest BCUT2D eigenvalue weighted by Gasteiger charge is 2.27. The summed E-state index contributed by atoms with van der Waals surface area (Å²) in [6.45, 7) is 7.43. The summed E-state index contributed by atoms with van der Waals surface area (Å²) >= 11 is 0. The lowest BCUT2D eigenvalue weighted by atomic mass is 9.96. The van der Waals surface area contributed by atoms with Crippen LogP contribution in [0.15, 0.2) is 0 Å². The number of piperidine rings is 1. The number of rotatable bonds is 7. The number of likely N-dealkylation sites (tertiary alicyclic amines) is 1. The van der Waals surface area contributed by atoms with Crippen LogP contribution < -0.4 is 10.6 Å². The van der Waals surface area contributed by atoms with Crippen molar-refractivity contribution >= 4 is 17.8 Å². The number of ketones is 1. The van der Waals surface area contributed by atoms with Gasteiger partial charge in [-0.25, -0.2) is 9.59 Å². The lowest BCUT2D eigenvalue weighted by Crippen LogP contribution is -2.50. The Morgan fingerprint density at radius 3 is 2.23 bits per heavy atom. The summed E-state index contributed by atoms with van der Waals surface area (Å²) in [5, 5.41) is 6.20. The molecule has 1 aromatic heterocycles. The van der Waals surface area contributed by atoms with E-state index in [0.29, 0.717) is 41.7 Å². The van der Waals surface area contributed by atoms with Crippen LogP contribution in [-0.4, -0.2) is 66.0 Å². The number of nitrogens with zero attached hydrogens (tertiary/aromatic N) is 1. The van der Waals surface area contributed by atoms with Gasteiger partial charge in [-0.2, -0.15) is 0 Å². The predicted molar refractivity (Wildman–Crippen MR) is 119 cm³/mol. The third kappa shape index (κ3) is 6.09. The van der Waals surface area contributed by atoms with Gasteiger partial charge in [0.2, 0.25) is 0 Å². The van der Waals surface area contributed by atoms with E-state index in [1.807, 2.05) is 0 Å². The second-order valence-corrected chi connectivity index (χ2v) is 8.77. The molecule has 0 atom stereocenters. The molecule has 3 N–H and O–H groups in total. The summed E-state index contributed by atoms with van der Waals surface area (Å²) in [5.41, 5.74) is 2.24. The summed E-state index contributed by atoms with van der Waals surface area (Å²) in [5.74, 6) is -0.427. The van der Waals surface area contributed by atoms with Gasteiger partial charge in [-0.1, -0.05) is 19.3 Å². The van der Waals surface area contributed by atoms with E-state index in [1.165, 1.54) is 19.3 Å². The van der Waals surface area contributed by atoms with Crippen LogP contribution >= 0.6 is 0 Å². The van der Waals surface area contributed by atoms with Gasteiger partial charge < -0.3 is 20.4 Å². The largest absolute Gasteiger partial charge is 0.462 e. The molecule has 1 aliphatic heterocycles. The van der Waals surface area contributed by atoms with Gasteiger partial charge in [0.15, 0.2) is 5.78 Å². The minimum Gasteiger partial charge on any atom is -0.462 e. The van der Waals surface area contributed by atoms with Crippen molar-refractivity contribution in [1.29, 1.82) is 0 Å². The minimum absolute atomic E-state index is 0.0300. The molecule has 2 heterocycles. The van der Waals surface area contributed by atoms with E-state index in [0.717, 1.165) is 38.8 Å². The van der Waals surface area contributed by atoms with Gasteiger partial charge >= 0.3 is 12.0 Å². The van der Waals surface area contributed by atoms with Crippen molar-refractivity contribution < 1.29 is 19.1 Å². The van der Waals surface area contributed by atoms with Crippen molar-refractivity contribution in [1.82, 2.24) is 20.5 Å². The molecular weight excluding hydrogens is 396 g/mol. The zero-order valence-electron chi connectivity index (χ0n) is 19.0. The lowest BCUT2D eigenvalue weighted by Gasteiger charge is -2.32. The Bertz CT molecular complexity index is 790. The van der Waals surface area contributed by atoms with Gasteiger partial charge in [0.25, 0.3) is 0 Å². The molecule has 0 radical (unpaired) electrons. The number of Topliss-reactive ketones (excluding diaryl/α,β-unsaturated/α-hetero) is 1. The molecule has 1 saturated heterocycles. The molecule has 31 heavy (non-hydrogen) atoms. The molecular formula is C23H36N4O4. The molecule has 1 aliphatic carbocycles. The third-order valence-corrected chi connectivity index (χ3v) is 6.43. The molecule has 0 spiro atoms. The van der Waals surface area contributed by atoms with Crippen LogP contribution in [0.4, 0.5) is 4.79 Å². The van der Waals surface area contributed by atoms with Crippen LogP contribution in [0.25, 0.3) is 0 Å². The van der Waals surface area contributed by atoms with E-state index >= 15 is 0 Å². The number of aromatic amines is 1. The van der Waals surface area contributed by atoms with Crippen LogP contribution in [0.3, 0.4) is 0 Å². The lowest BCUT2D eigenvalue weighted by molar-refractivity contribution is 0.0525. The van der Waals surface area contributed by atoms with E-state index in [9.17, 15) is 14.4 Å². The molecule has 0 aromatic carbocycles. The normalized spacial score (nSPS) is 18.5. The average Bonchev–Trinajstić information content (AvgIpc) is 3.04. The van der Waals surface area contributed by atoms with E-state index < -0.39 is 5.97 Å². The van der Waals surface area contributed by atoms with E-state index in [-0.39, 0.29) is 17.9 Å². The predicted octanol–water partition coefficient (Wildman–Crippen LogP) is 3.09. The molecule has 2 amide bonds. The van der Waals surface area contributed by atoms with Gasteiger partial charge in [0.1, 0.15) is 0 Å². The maximum atomic E-state index is 12.9. The van der Waals surface area contributed by atoms with Crippen molar-refractivity contribution in [3.63, 3.8) is 0 Å². The number of urea groups is 1. The smallest absolute Gasteiger partial charge is 0.340 e. The number of esters is 1. The van der Waals surface area contributed by atoms with Crippen molar-refractivity contribution in [3.8, 4) is 0 Å². The van der Waals surface area contributed by atoms with Gasteiger partial charge in [-0.15, -0.1) is 0 Å². The summed E-state index contributed by atoms with van der Waals surface area (Å²) in [6, 6.07) is 0.378. The average molecular weight is 433 g/mol. The summed E-state index contributed by atoms with van der Waals surface area (Å²) in [4.78, 5) is 42.5. The summed E-state index contributed by atoms with van der Waals surface area (Å²) < 4.78 is 5.10. The zero-order valence-corrected chi connectivity index (χ0v) is 19.0. The number of carbonyl (C=O) groups is 3. The number of aryl methyl sites for hydroxylation is 1. The second kappa shape index (κ2) is 10.8. The fraction of sp³-hybridized carbons (Fsp3) is 0.696. The monoisotopic (exact) mass is 432 g/mol. The van der Waals surface area contributed by atoms with E-state index in [4.69, 9.17) is 4.74 Å². The zero-order chi connectivity index (χ0) is 22.4. The SMILES string of the molecule is CCOC(=O)c1c(C)[nH]c(C(=O)CN2CCC(NC(=O)NC3CCCCC3)CC2)c1C. The fourth-order valence-electron chi connectivity index (χ4n) is 4.72. The molecule has 1 saturated carbocycles. The minimum atomic E-state index is -0.397. The van der Waals surface area contributed by atoms with Crippen molar-refractivity contribution in [2.75, 3.05) is 26.2 Å². The third-order valence-electron chi connectivity index (χ3n) is 6.43. The van der Waals surface area contributed by atoms with Crippen LogP contribution in [-0.2, 0) is 4.74 Å². The first-order valence-corrected chi connectivity index (χ1v) is 11.6. The number of ether oxygens (including phenoxy) is 1. The summed E-state index contributed by atoms with van der Waals surface area (Å²) in [7, 11) is 0. The van der Waals surface area contributed by atoms with Crippen LogP contribution in [0.5, 0.6) is 0 Å². The Morgan fingerprint density at radius 1 is 1.00 bits per heavy atom. The van der Waals surface area contributed by atoms with Crippen molar-refractivity contribution in [2.24, 2.45) is 0 Å². The molecule has 172 valence electrons. The van der Waals surface area contributed by atoms with Gasteiger partial charge in [0, 0.05) is 30.9 Å². The molecule has 2 aliphatic rings. The van der Waals surface area contributed by atoms with Crippen LogP contribution in [0, 0.1) is 13.8 Å². The number of amides is 2. The Hall–Kier alpha value is -2.35. The first-order chi connectivity index (χ1) is 14.9. The number of aromatic nitrogens is 1. The van der Waals surface area contributed by atoms with E-state index in [1.54, 1.807) is 20.8 Å². The van der Waals surface area contributed by atoms with E-state index in [2.05, 4.69) is 20.5 Å². The van der Waals surface area contributed by atoms with Gasteiger partial charge in [0.05, 0.1) is 24.4 Å². The summed E-state index contributed by atoms with van der Waals surface area (Å²) in [6.07, 6.45) is 7.44. The Labute approximate surface area is 184 Å². The standard InChI is InChI=1S/C23H36N4O4/c1-4-31-22(29)20-15(2)21(24-16(20)3)19(28)14-27-12-10-18(11-13-27)26-23(30)25-17-8-6-5-7-9-17/h17-18,24H,4-14H2,1-3H3,(H2,25,26,30). The number of hydrogen-bond donors (Lipinski definition) is 3. The highest BCUT2D eigenvalue weighted by Crippen LogP contribution is 2.21. The Morgan fingerprint density at radius 2 is 1.61 bits per heavy atom. The first-order valence-electron chi connectivity index (χ1n) is 11.6. The van der Waals surface area contributed by atoms with Gasteiger partial charge in [-0.05, 0) is 52.0 Å². The van der Waals surface area contributed by atoms with Crippen LogP contribution in [0.2, 0.25) is 0 Å². The topological polar surface area (TPSA) is 104 Å². The molecule has 1 aromatic rings. The maximum Gasteiger partial charge on any atom is 0.340 e. The number of hydrogen-bond acceptors (Lipinski definition) is 5. The molecule has 8 heteroatoms. The Balaban J connectivity index is 1.46. The first kappa shape index (κ1) is 23.3. The molecule has 2 fully saturated rings. The van der Waals surface area contributed by atoms with Crippen molar-refractivity contribution in [3.05, 3.63) is 22.5 Å². The van der Waals surface area contributed by atoms with Crippen LogP contribution in [0.1, 0.15) is 84.0 Å². The molecule has 0 bridgehead atoms. The molecule has 8 nitrogen and oxygen atoms in total. The highest BCUT2D eigenvalue weighted by atomic mass is 16.5. The van der Waals surface area contributed by atoms with Crippen molar-refractivity contribution in [2.45, 2.75) is 77.8 Å². The van der Waals surface area contributed by atoms with Gasteiger partial charge in [-0.3, -0.25) is 9.69 Å². The Kier molecular flexibility index (Phi) is 8.12. The fourth-order valence-corrected chi connectivity index (χ4v) is 4.72. The maximum absolute atomic E-state index is 12.9. The quantitative estimate of drug-likeness (QED) is 0.454. The highest BCUT2D eigenvalue weighted by molar-refractivity contribution is 6.02.